The molecule has 19 heavy (non-hydrogen) atoms. The molecule has 0 aliphatic heterocycles. The number of fused-ring (bicyclic) bond motifs is 1. The summed E-state index contributed by atoms with van der Waals surface area (Å²) >= 11 is 0. The van der Waals surface area contributed by atoms with E-state index in [4.69, 9.17) is 0 Å². The van der Waals surface area contributed by atoms with E-state index in [0.29, 0.717) is 5.56 Å². The third-order valence-electron chi connectivity index (χ3n) is 3.35. The maximum absolute atomic E-state index is 11.3. The van der Waals surface area contributed by atoms with E-state index in [-0.39, 0.29) is 0 Å². The van der Waals surface area contributed by atoms with Crippen LogP contribution in [-0.2, 0) is 0 Å². The van der Waals surface area contributed by atoms with E-state index in [9.17, 15) is 9.90 Å². The molecule has 3 heteroatoms. The minimum absolute atomic E-state index is 0.368. The number of nitrogens with zero attached hydrogens (tertiary/aromatic N) is 1. The lowest BCUT2D eigenvalue weighted by Crippen LogP contribution is -2.23. The number of carbonyl (C=O) groups is 1. The van der Waals surface area contributed by atoms with E-state index >= 15 is 0 Å². The van der Waals surface area contributed by atoms with Gasteiger partial charge in [-0.25, -0.2) is 4.79 Å². The second-order valence-electron chi connectivity index (χ2n) is 4.56. The first kappa shape index (κ1) is 13.4. The highest BCUT2D eigenvalue weighted by Crippen LogP contribution is 2.29. The molecule has 100 valence electrons. The molecular weight excluding hydrogens is 238 g/mol. The topological polar surface area (TPSA) is 40.5 Å². The molecule has 0 aromatic heterocycles. The number of hydrogen-bond acceptors (Lipinski definition) is 2. The molecule has 0 fully saturated rings. The molecule has 2 aromatic rings. The lowest BCUT2D eigenvalue weighted by molar-refractivity contribution is 0.0699. The normalized spacial score (nSPS) is 10.6. The predicted octanol–water partition coefficient (Wildman–Crippen LogP) is 3.77. The van der Waals surface area contributed by atoms with Crippen molar-refractivity contribution in [3.8, 4) is 0 Å². The van der Waals surface area contributed by atoms with Gasteiger partial charge in [-0.1, -0.05) is 31.2 Å². The lowest BCUT2D eigenvalue weighted by Gasteiger charge is -2.24. The summed E-state index contributed by atoms with van der Waals surface area (Å²) in [5.74, 6) is -0.874. The Labute approximate surface area is 113 Å². The monoisotopic (exact) mass is 257 g/mol. The van der Waals surface area contributed by atoms with Crippen LogP contribution in [0.1, 0.15) is 30.6 Å². The lowest BCUT2D eigenvalue weighted by atomic mass is 10.0. The average Bonchev–Trinajstić information content (AvgIpc) is 2.43. The van der Waals surface area contributed by atoms with E-state index in [1.54, 1.807) is 6.07 Å². The number of anilines is 1. The first-order valence-corrected chi connectivity index (χ1v) is 6.69. The third kappa shape index (κ3) is 2.55. The van der Waals surface area contributed by atoms with Gasteiger partial charge in [0.1, 0.15) is 0 Å². The molecule has 0 aliphatic carbocycles. The molecular formula is C16H19NO2. The number of carboxylic acid groups (broad SMARTS) is 1. The van der Waals surface area contributed by atoms with Crippen LogP contribution in [0.3, 0.4) is 0 Å². The molecule has 0 bridgehead atoms. The standard InChI is InChI=1S/C16H19NO2/c1-3-11-17(4-2)15-10-9-14(16(18)19)12-7-5-6-8-13(12)15/h5-10H,3-4,11H2,1-2H3,(H,18,19). The Kier molecular flexibility index (Phi) is 4.05. The van der Waals surface area contributed by atoms with Crippen LogP contribution in [0, 0.1) is 0 Å². The van der Waals surface area contributed by atoms with Gasteiger partial charge in [-0.15, -0.1) is 0 Å². The van der Waals surface area contributed by atoms with Crippen molar-refractivity contribution < 1.29 is 9.90 Å². The first-order valence-electron chi connectivity index (χ1n) is 6.69. The Hall–Kier alpha value is -2.03. The zero-order valence-electron chi connectivity index (χ0n) is 11.4. The second kappa shape index (κ2) is 5.74. The molecule has 0 saturated heterocycles. The molecule has 2 rings (SSSR count). The van der Waals surface area contributed by atoms with Crippen molar-refractivity contribution in [2.75, 3.05) is 18.0 Å². The van der Waals surface area contributed by atoms with E-state index in [1.807, 2.05) is 30.3 Å². The van der Waals surface area contributed by atoms with E-state index in [1.165, 1.54) is 0 Å². The molecule has 0 spiro atoms. The highest BCUT2D eigenvalue weighted by Gasteiger charge is 2.13. The number of rotatable bonds is 5. The van der Waals surface area contributed by atoms with Crippen molar-refractivity contribution >= 4 is 22.4 Å². The fraction of sp³-hybridized carbons (Fsp3) is 0.312. The Morgan fingerprint density at radius 2 is 1.79 bits per heavy atom. The molecule has 0 amide bonds. The second-order valence-corrected chi connectivity index (χ2v) is 4.56. The van der Waals surface area contributed by atoms with Crippen molar-refractivity contribution in [3.63, 3.8) is 0 Å². The Bertz CT molecular complexity index is 592. The van der Waals surface area contributed by atoms with Crippen LogP contribution in [-0.4, -0.2) is 24.2 Å². The smallest absolute Gasteiger partial charge is 0.336 e. The Balaban J connectivity index is 2.64. The van der Waals surface area contributed by atoms with Gasteiger partial charge in [0, 0.05) is 24.2 Å². The van der Waals surface area contributed by atoms with Crippen LogP contribution in [0.15, 0.2) is 36.4 Å². The van der Waals surface area contributed by atoms with Gasteiger partial charge in [-0.3, -0.25) is 0 Å². The predicted molar refractivity (Wildman–Crippen MR) is 79.1 cm³/mol. The minimum Gasteiger partial charge on any atom is -0.478 e. The van der Waals surface area contributed by atoms with Gasteiger partial charge in [-0.2, -0.15) is 0 Å². The fourth-order valence-electron chi connectivity index (χ4n) is 2.46. The van der Waals surface area contributed by atoms with Gasteiger partial charge in [0.15, 0.2) is 0 Å². The highest BCUT2D eigenvalue weighted by atomic mass is 16.4. The summed E-state index contributed by atoms with van der Waals surface area (Å²) in [6.45, 7) is 6.17. The molecule has 0 atom stereocenters. The molecule has 2 aromatic carbocycles. The summed E-state index contributed by atoms with van der Waals surface area (Å²) in [4.78, 5) is 13.6. The van der Waals surface area contributed by atoms with Crippen LogP contribution < -0.4 is 4.90 Å². The summed E-state index contributed by atoms with van der Waals surface area (Å²) in [6, 6.07) is 11.3. The van der Waals surface area contributed by atoms with E-state index in [0.717, 1.165) is 36.0 Å². The van der Waals surface area contributed by atoms with E-state index < -0.39 is 5.97 Å². The van der Waals surface area contributed by atoms with Crippen molar-refractivity contribution in [3.05, 3.63) is 42.0 Å². The Morgan fingerprint density at radius 1 is 1.11 bits per heavy atom. The summed E-state index contributed by atoms with van der Waals surface area (Å²) in [5.41, 5.74) is 1.48. The summed E-state index contributed by atoms with van der Waals surface area (Å²) < 4.78 is 0. The minimum atomic E-state index is -0.874. The van der Waals surface area contributed by atoms with Crippen molar-refractivity contribution in [2.24, 2.45) is 0 Å². The van der Waals surface area contributed by atoms with Crippen molar-refractivity contribution in [1.29, 1.82) is 0 Å². The summed E-state index contributed by atoms with van der Waals surface area (Å²) in [6.07, 6.45) is 1.07. The maximum atomic E-state index is 11.3. The molecule has 3 nitrogen and oxygen atoms in total. The van der Waals surface area contributed by atoms with Crippen LogP contribution in [0.2, 0.25) is 0 Å². The van der Waals surface area contributed by atoms with Gasteiger partial charge >= 0.3 is 5.97 Å². The van der Waals surface area contributed by atoms with Gasteiger partial charge in [-0.05, 0) is 30.9 Å². The average molecular weight is 257 g/mol. The van der Waals surface area contributed by atoms with Gasteiger partial charge in [0.2, 0.25) is 0 Å². The molecule has 0 saturated carbocycles. The van der Waals surface area contributed by atoms with Gasteiger partial charge in [0.25, 0.3) is 0 Å². The van der Waals surface area contributed by atoms with Crippen LogP contribution >= 0.6 is 0 Å². The molecule has 0 aliphatic rings. The zero-order valence-corrected chi connectivity index (χ0v) is 11.4. The van der Waals surface area contributed by atoms with Crippen LogP contribution in [0.5, 0.6) is 0 Å². The third-order valence-corrected chi connectivity index (χ3v) is 3.35. The molecule has 0 unspecified atom stereocenters. The Morgan fingerprint density at radius 3 is 2.37 bits per heavy atom. The fourth-order valence-corrected chi connectivity index (χ4v) is 2.46. The largest absolute Gasteiger partial charge is 0.478 e. The van der Waals surface area contributed by atoms with Crippen LogP contribution in [0.25, 0.3) is 10.8 Å². The quantitative estimate of drug-likeness (QED) is 0.886. The summed E-state index contributed by atoms with van der Waals surface area (Å²) in [7, 11) is 0. The number of benzene rings is 2. The summed E-state index contributed by atoms with van der Waals surface area (Å²) in [5, 5.41) is 11.1. The number of aromatic carboxylic acids is 1. The van der Waals surface area contributed by atoms with Crippen molar-refractivity contribution in [1.82, 2.24) is 0 Å². The highest BCUT2D eigenvalue weighted by molar-refractivity contribution is 6.07. The maximum Gasteiger partial charge on any atom is 0.336 e. The number of hydrogen-bond donors (Lipinski definition) is 1. The molecule has 0 heterocycles. The SMILES string of the molecule is CCCN(CC)c1ccc(C(=O)O)c2ccccc12. The number of carboxylic acids is 1. The van der Waals surface area contributed by atoms with Gasteiger partial charge < -0.3 is 10.0 Å². The van der Waals surface area contributed by atoms with Crippen LogP contribution in [0.4, 0.5) is 5.69 Å². The molecule has 1 N–H and O–H groups in total. The van der Waals surface area contributed by atoms with Gasteiger partial charge in [0.05, 0.1) is 5.56 Å². The van der Waals surface area contributed by atoms with E-state index in [2.05, 4.69) is 18.7 Å². The first-order chi connectivity index (χ1) is 9.19. The molecule has 0 radical (unpaired) electrons. The zero-order chi connectivity index (χ0) is 13.8. The van der Waals surface area contributed by atoms with Crippen molar-refractivity contribution in [2.45, 2.75) is 20.3 Å².